The van der Waals surface area contributed by atoms with Gasteiger partial charge in [-0.05, 0) is 31.0 Å². The van der Waals surface area contributed by atoms with Crippen molar-refractivity contribution in [3.05, 3.63) is 39.0 Å². The second-order valence-electron chi connectivity index (χ2n) is 8.63. The fraction of sp³-hybridized carbons (Fsp3) is 0.478. The van der Waals surface area contributed by atoms with Crippen molar-refractivity contribution in [2.24, 2.45) is 7.05 Å². The number of hydrogen-bond donors (Lipinski definition) is 1. The number of ether oxygens (including phenoxy) is 1. The number of carbonyl (C=O) groups excluding carboxylic acids is 1. The third kappa shape index (κ3) is 4.55. The first-order chi connectivity index (χ1) is 17.2. The third-order valence-corrected chi connectivity index (χ3v) is 8.05. The first-order valence-electron chi connectivity index (χ1n) is 11.9. The number of aromatic amines is 1. The molecule has 0 spiro atoms. The highest BCUT2D eigenvalue weighted by Crippen LogP contribution is 2.33. The van der Waals surface area contributed by atoms with Crippen molar-refractivity contribution in [2.75, 3.05) is 32.8 Å². The lowest BCUT2D eigenvalue weighted by Gasteiger charge is -2.31. The summed E-state index contributed by atoms with van der Waals surface area (Å²) in [5, 5.41) is 0. The van der Waals surface area contributed by atoms with E-state index in [1.54, 1.807) is 6.07 Å². The van der Waals surface area contributed by atoms with E-state index in [9.17, 15) is 22.8 Å². The number of amides is 1. The highest BCUT2D eigenvalue weighted by Gasteiger charge is 2.29. The maximum Gasteiger partial charge on any atom is 0.332 e. The molecule has 0 saturated carbocycles. The summed E-state index contributed by atoms with van der Waals surface area (Å²) in [5.74, 6) is 0.633. The van der Waals surface area contributed by atoms with Crippen LogP contribution in [-0.2, 0) is 28.4 Å². The lowest BCUT2D eigenvalue weighted by molar-refractivity contribution is -0.119. The number of carbonyl (C=O) groups is 1. The van der Waals surface area contributed by atoms with E-state index in [4.69, 9.17) is 4.74 Å². The van der Waals surface area contributed by atoms with Crippen molar-refractivity contribution in [3.63, 3.8) is 0 Å². The van der Waals surface area contributed by atoms with Crippen LogP contribution < -0.4 is 16.0 Å². The fourth-order valence-electron chi connectivity index (χ4n) is 4.18. The number of fused-ring (bicyclic) bond motifs is 1. The van der Waals surface area contributed by atoms with Crippen molar-refractivity contribution in [1.29, 1.82) is 0 Å². The number of aromatic nitrogens is 4. The quantitative estimate of drug-likeness (QED) is 0.412. The van der Waals surface area contributed by atoms with Crippen LogP contribution in [0, 0.1) is 0 Å². The number of nitrogens with one attached hydrogen (secondary N) is 1. The average molecular weight is 519 g/mol. The minimum atomic E-state index is -3.86. The molecule has 2 aromatic heterocycles. The van der Waals surface area contributed by atoms with Gasteiger partial charge in [0.25, 0.3) is 5.56 Å². The zero-order chi connectivity index (χ0) is 26.0. The molecule has 36 heavy (non-hydrogen) atoms. The summed E-state index contributed by atoms with van der Waals surface area (Å²) in [6.07, 6.45) is 2.11. The Bertz CT molecular complexity index is 1500. The molecule has 1 fully saturated rings. The zero-order valence-electron chi connectivity index (χ0n) is 20.6. The molecular weight excluding hydrogens is 488 g/mol. The van der Waals surface area contributed by atoms with Crippen LogP contribution in [0.1, 0.15) is 26.7 Å². The van der Waals surface area contributed by atoms with E-state index in [1.165, 1.54) is 33.0 Å². The molecule has 1 amide bonds. The smallest absolute Gasteiger partial charge is 0.332 e. The molecule has 1 N–H and O–H groups in total. The summed E-state index contributed by atoms with van der Waals surface area (Å²) < 4.78 is 36.4. The van der Waals surface area contributed by atoms with Gasteiger partial charge >= 0.3 is 5.69 Å². The largest absolute Gasteiger partial charge is 0.493 e. The van der Waals surface area contributed by atoms with Gasteiger partial charge in [0.1, 0.15) is 17.1 Å². The highest BCUT2D eigenvalue weighted by atomic mass is 32.2. The summed E-state index contributed by atoms with van der Waals surface area (Å²) in [5.41, 5.74) is -0.265. The third-order valence-electron chi connectivity index (χ3n) is 6.15. The Morgan fingerprint density at radius 3 is 2.47 bits per heavy atom. The van der Waals surface area contributed by atoms with Gasteiger partial charge in [0.15, 0.2) is 5.65 Å². The van der Waals surface area contributed by atoms with Gasteiger partial charge in [0, 0.05) is 39.8 Å². The number of sulfonamides is 1. The molecule has 1 aliphatic heterocycles. The van der Waals surface area contributed by atoms with Crippen LogP contribution in [0.4, 0.5) is 0 Å². The molecule has 3 heterocycles. The normalized spacial score (nSPS) is 14.9. The van der Waals surface area contributed by atoms with E-state index in [-0.39, 0.29) is 35.0 Å². The maximum atomic E-state index is 13.4. The Kier molecular flexibility index (Phi) is 7.31. The lowest BCUT2D eigenvalue weighted by atomic mass is 10.2. The molecule has 0 aliphatic carbocycles. The summed E-state index contributed by atoms with van der Waals surface area (Å²) >= 11 is 0. The highest BCUT2D eigenvalue weighted by molar-refractivity contribution is 7.89. The summed E-state index contributed by atoms with van der Waals surface area (Å²) in [7, 11) is -2.45. The average Bonchev–Trinajstić information content (AvgIpc) is 3.34. The number of piperazine rings is 1. The topological polar surface area (TPSA) is 140 Å². The fourth-order valence-corrected chi connectivity index (χ4v) is 5.63. The lowest BCUT2D eigenvalue weighted by Crippen LogP contribution is -2.47. The predicted molar refractivity (Wildman–Crippen MR) is 134 cm³/mol. The monoisotopic (exact) mass is 518 g/mol. The number of rotatable bonds is 9. The SMILES string of the molecule is CCCOc1ccc(S(=O)(=O)N2CCN(C=O)CC2)cc1-c1nc2c([nH]1)c(=O)n(C)c(=O)n2CCC. The van der Waals surface area contributed by atoms with Crippen LogP contribution >= 0.6 is 0 Å². The van der Waals surface area contributed by atoms with Gasteiger partial charge in [-0.15, -0.1) is 0 Å². The Labute approximate surface area is 208 Å². The molecule has 0 atom stereocenters. The van der Waals surface area contributed by atoms with Crippen molar-refractivity contribution in [1.82, 2.24) is 28.3 Å². The van der Waals surface area contributed by atoms with E-state index in [0.717, 1.165) is 11.0 Å². The Morgan fingerprint density at radius 1 is 1.11 bits per heavy atom. The zero-order valence-corrected chi connectivity index (χ0v) is 21.4. The Balaban J connectivity index is 1.85. The molecule has 1 aromatic carbocycles. The van der Waals surface area contributed by atoms with Gasteiger partial charge in [-0.25, -0.2) is 18.2 Å². The van der Waals surface area contributed by atoms with Crippen LogP contribution in [0.25, 0.3) is 22.6 Å². The van der Waals surface area contributed by atoms with E-state index >= 15 is 0 Å². The van der Waals surface area contributed by atoms with Crippen molar-refractivity contribution >= 4 is 27.6 Å². The van der Waals surface area contributed by atoms with Gasteiger partial charge in [0.2, 0.25) is 16.4 Å². The van der Waals surface area contributed by atoms with Gasteiger partial charge in [0.05, 0.1) is 17.1 Å². The molecular formula is C23H30N6O6S. The van der Waals surface area contributed by atoms with Crippen molar-refractivity contribution in [2.45, 2.75) is 38.1 Å². The number of imidazole rings is 1. The molecule has 0 bridgehead atoms. The minimum absolute atomic E-state index is 0.0419. The molecule has 1 aliphatic rings. The van der Waals surface area contributed by atoms with Crippen molar-refractivity contribution < 1.29 is 17.9 Å². The molecule has 4 rings (SSSR count). The number of aryl methyl sites for hydroxylation is 1. The van der Waals surface area contributed by atoms with Crippen LogP contribution in [0.2, 0.25) is 0 Å². The molecule has 194 valence electrons. The first kappa shape index (κ1) is 25.6. The summed E-state index contributed by atoms with van der Waals surface area (Å²) in [4.78, 5) is 45.6. The van der Waals surface area contributed by atoms with Crippen molar-refractivity contribution in [3.8, 4) is 17.1 Å². The summed E-state index contributed by atoms with van der Waals surface area (Å²) in [6, 6.07) is 4.52. The van der Waals surface area contributed by atoms with E-state index < -0.39 is 21.3 Å². The van der Waals surface area contributed by atoms with E-state index in [1.807, 2.05) is 13.8 Å². The van der Waals surface area contributed by atoms with E-state index in [0.29, 0.717) is 50.4 Å². The second kappa shape index (κ2) is 10.3. The predicted octanol–water partition coefficient (Wildman–Crippen LogP) is 0.752. The first-order valence-corrected chi connectivity index (χ1v) is 13.3. The molecule has 12 nitrogen and oxygen atoms in total. The van der Waals surface area contributed by atoms with Gasteiger partial charge in [-0.3, -0.25) is 18.7 Å². The summed E-state index contributed by atoms with van der Waals surface area (Å²) in [6.45, 7) is 5.64. The molecule has 0 radical (unpaired) electrons. The van der Waals surface area contributed by atoms with Crippen LogP contribution in [0.15, 0.2) is 32.7 Å². The van der Waals surface area contributed by atoms with Gasteiger partial charge in [-0.2, -0.15) is 4.31 Å². The van der Waals surface area contributed by atoms with Crippen LogP contribution in [0.5, 0.6) is 5.75 Å². The maximum absolute atomic E-state index is 13.4. The second-order valence-corrected chi connectivity index (χ2v) is 10.6. The van der Waals surface area contributed by atoms with Gasteiger partial charge < -0.3 is 14.6 Å². The number of H-pyrrole nitrogens is 1. The Hall–Kier alpha value is -3.45. The van der Waals surface area contributed by atoms with E-state index in [2.05, 4.69) is 9.97 Å². The van der Waals surface area contributed by atoms with Crippen LogP contribution in [0.3, 0.4) is 0 Å². The number of hydrogen-bond acceptors (Lipinski definition) is 7. The number of nitrogens with zero attached hydrogens (tertiary/aromatic N) is 5. The molecule has 3 aromatic rings. The standard InChI is InChI=1S/C23H30N6O6S/c1-4-8-29-21-19(22(31)26(3)23(29)32)24-20(25-21)17-14-16(6-7-18(17)35-13-5-2)36(33,34)28-11-9-27(15-30)10-12-28/h6-7,14-15H,4-5,8-13H2,1-3H3,(H,24,25). The molecule has 13 heteroatoms. The molecule has 0 unspecified atom stereocenters. The molecule has 1 saturated heterocycles. The minimum Gasteiger partial charge on any atom is -0.493 e. The Morgan fingerprint density at radius 2 is 1.83 bits per heavy atom. The van der Waals surface area contributed by atoms with Gasteiger partial charge in [-0.1, -0.05) is 13.8 Å². The van der Waals surface area contributed by atoms with Crippen LogP contribution in [-0.4, -0.2) is 75.9 Å². The number of benzene rings is 1.